The zero-order chi connectivity index (χ0) is 33.3. The molecular weight excluding hydrogens is 618 g/mol. The van der Waals surface area contributed by atoms with E-state index in [0.717, 1.165) is 59.6 Å². The lowest BCUT2D eigenvalue weighted by atomic mass is 10.00. The lowest BCUT2D eigenvalue weighted by Gasteiger charge is -2.36. The molecular formula is C35H43N5O6S. The van der Waals surface area contributed by atoms with Crippen LogP contribution in [0, 0.1) is 13.8 Å². The third-order valence-corrected chi connectivity index (χ3v) is 11.1. The van der Waals surface area contributed by atoms with Crippen LogP contribution in [0.2, 0.25) is 0 Å². The zero-order valence-corrected chi connectivity index (χ0v) is 28.0. The van der Waals surface area contributed by atoms with E-state index in [1.54, 1.807) is 19.2 Å². The number of anilines is 1. The maximum atomic E-state index is 13.6. The maximum Gasteiger partial charge on any atom is 0.259 e. The van der Waals surface area contributed by atoms with E-state index in [4.69, 9.17) is 9.73 Å². The number of piperidine rings is 1. The molecule has 0 aliphatic carbocycles. The van der Waals surface area contributed by atoms with Gasteiger partial charge in [0, 0.05) is 62.7 Å². The highest BCUT2D eigenvalue weighted by Gasteiger charge is 2.36. The van der Waals surface area contributed by atoms with E-state index < -0.39 is 15.9 Å². The summed E-state index contributed by atoms with van der Waals surface area (Å²) in [7, 11) is -3.00. The van der Waals surface area contributed by atoms with E-state index in [0.29, 0.717) is 42.0 Å². The van der Waals surface area contributed by atoms with Crippen molar-refractivity contribution in [2.75, 3.05) is 49.6 Å². The molecule has 1 aromatic heterocycles. The number of H-pyrrole nitrogens is 1. The molecule has 3 aliphatic rings. The van der Waals surface area contributed by atoms with Crippen molar-refractivity contribution in [1.82, 2.24) is 14.8 Å². The van der Waals surface area contributed by atoms with Gasteiger partial charge in [-0.2, -0.15) is 0 Å². The number of pyridine rings is 1. The predicted octanol–water partition coefficient (Wildman–Crippen LogP) is 3.38. The van der Waals surface area contributed by atoms with Crippen molar-refractivity contribution in [2.24, 2.45) is 4.99 Å². The fraction of sp³-hybridized carbons (Fsp3) is 0.457. The number of likely N-dealkylation sites (tertiary alicyclic amines) is 1. The van der Waals surface area contributed by atoms with Gasteiger partial charge < -0.3 is 29.9 Å². The number of amides is 1. The van der Waals surface area contributed by atoms with Gasteiger partial charge in [-0.1, -0.05) is 24.6 Å². The Morgan fingerprint density at radius 2 is 1.89 bits per heavy atom. The van der Waals surface area contributed by atoms with Crippen LogP contribution >= 0.6 is 0 Å². The predicted molar refractivity (Wildman–Crippen MR) is 183 cm³/mol. The number of hydrogen-bond acceptors (Lipinski definition) is 9. The Morgan fingerprint density at radius 1 is 1.11 bits per heavy atom. The van der Waals surface area contributed by atoms with E-state index >= 15 is 0 Å². The third kappa shape index (κ3) is 7.29. The van der Waals surface area contributed by atoms with Crippen LogP contribution in [0.25, 0.3) is 0 Å². The average Bonchev–Trinajstić information content (AvgIpc) is 3.61. The van der Waals surface area contributed by atoms with Gasteiger partial charge in [0.25, 0.3) is 11.5 Å². The fourth-order valence-electron chi connectivity index (χ4n) is 6.68. The number of aryl methyl sites for hydroxylation is 2. The van der Waals surface area contributed by atoms with E-state index in [-0.39, 0.29) is 42.2 Å². The minimum Gasteiger partial charge on any atom is -0.491 e. The lowest BCUT2D eigenvalue weighted by Crippen LogP contribution is -2.46. The summed E-state index contributed by atoms with van der Waals surface area (Å²) in [4.78, 5) is 38.3. The van der Waals surface area contributed by atoms with Gasteiger partial charge in [0.05, 0.1) is 28.4 Å². The first-order valence-corrected chi connectivity index (χ1v) is 18.1. The molecule has 3 aromatic rings. The summed E-state index contributed by atoms with van der Waals surface area (Å²) in [5, 5.41) is 13.8. The summed E-state index contributed by atoms with van der Waals surface area (Å²) in [5.41, 5.74) is 6.73. The van der Waals surface area contributed by atoms with Crippen LogP contribution in [0.5, 0.6) is 5.75 Å². The number of carbonyl (C=O) groups is 1. The Morgan fingerprint density at radius 3 is 2.64 bits per heavy atom. The summed E-state index contributed by atoms with van der Waals surface area (Å²) >= 11 is 0. The first kappa shape index (κ1) is 32.9. The van der Waals surface area contributed by atoms with Gasteiger partial charge in [-0.25, -0.2) is 8.42 Å². The monoisotopic (exact) mass is 661 g/mol. The second-order valence-electron chi connectivity index (χ2n) is 12.8. The van der Waals surface area contributed by atoms with Crippen molar-refractivity contribution in [2.45, 2.75) is 58.7 Å². The normalized spacial score (nSPS) is 17.4. The topological polar surface area (TPSA) is 144 Å². The molecule has 1 atom stereocenters. The molecule has 1 amide bonds. The van der Waals surface area contributed by atoms with Crippen LogP contribution in [0.4, 0.5) is 11.4 Å². The second-order valence-corrected chi connectivity index (χ2v) is 15.3. The number of nitrogens with one attached hydrogen (secondary N) is 2. The molecule has 6 rings (SSSR count). The Bertz CT molecular complexity index is 1860. The number of ether oxygens (including phenoxy) is 1. The van der Waals surface area contributed by atoms with Crippen LogP contribution in [0.15, 0.2) is 52.4 Å². The minimum atomic E-state index is -3.00. The Labute approximate surface area is 275 Å². The standard InChI is InChI=1S/C35H43N5O6S/c1-4-47(44,45)14-13-39-11-8-26(9-12-39)40-20-25-18-30-24(16-28(25)35(40)43)17-31(38-30)33-29(7-10-36-34(33)42)37-19-27(41)21-46-32-6-5-22(2)15-23(32)3/h5-7,10,15-16,18,26-27,41H,4,8-9,11-14,17,19-21H2,1-3H3,(H2,36,37,42)/t27-/m1/s1. The van der Waals surface area contributed by atoms with Crippen molar-refractivity contribution in [3.05, 3.63) is 86.3 Å². The number of aliphatic hydroxyl groups is 1. The molecule has 2 aromatic carbocycles. The molecule has 12 heteroatoms. The quantitative estimate of drug-likeness (QED) is 0.268. The first-order chi connectivity index (χ1) is 22.5. The minimum absolute atomic E-state index is 0.0141. The van der Waals surface area contributed by atoms with Gasteiger partial charge in [-0.3, -0.25) is 14.6 Å². The van der Waals surface area contributed by atoms with Gasteiger partial charge in [0.2, 0.25) is 0 Å². The number of carbonyl (C=O) groups excluding carboxylic acids is 1. The molecule has 0 radical (unpaired) electrons. The van der Waals surface area contributed by atoms with Crippen LogP contribution in [-0.2, 0) is 22.8 Å². The van der Waals surface area contributed by atoms with E-state index in [9.17, 15) is 23.1 Å². The third-order valence-electron chi connectivity index (χ3n) is 9.45. The van der Waals surface area contributed by atoms with Gasteiger partial charge >= 0.3 is 0 Å². The summed E-state index contributed by atoms with van der Waals surface area (Å²) in [6, 6.07) is 11.7. The molecule has 0 saturated carbocycles. The Hall–Kier alpha value is -4.00. The van der Waals surface area contributed by atoms with E-state index in [1.165, 1.54) is 0 Å². The molecule has 11 nitrogen and oxygen atoms in total. The molecule has 47 heavy (non-hydrogen) atoms. The summed E-state index contributed by atoms with van der Waals surface area (Å²) < 4.78 is 29.7. The number of aliphatic hydroxyl groups excluding tert-OH is 1. The van der Waals surface area contributed by atoms with Crippen molar-refractivity contribution >= 4 is 32.8 Å². The highest BCUT2D eigenvalue weighted by molar-refractivity contribution is 7.91. The number of aromatic nitrogens is 1. The number of benzene rings is 2. The highest BCUT2D eigenvalue weighted by Crippen LogP contribution is 2.37. The average molecular weight is 662 g/mol. The molecule has 0 bridgehead atoms. The Balaban J connectivity index is 1.09. The van der Waals surface area contributed by atoms with Crippen molar-refractivity contribution < 1.29 is 23.1 Å². The summed E-state index contributed by atoms with van der Waals surface area (Å²) in [5.74, 6) is 1.07. The number of rotatable bonds is 12. The summed E-state index contributed by atoms with van der Waals surface area (Å²) in [6.07, 6.45) is 2.79. The first-order valence-electron chi connectivity index (χ1n) is 16.3. The number of nitrogens with zero attached hydrogens (tertiary/aromatic N) is 3. The number of aliphatic imine (C=N–C) groups is 1. The number of sulfone groups is 1. The van der Waals surface area contributed by atoms with Crippen LogP contribution in [-0.4, -0.2) is 96.4 Å². The second kappa shape index (κ2) is 13.6. The van der Waals surface area contributed by atoms with Gasteiger partial charge in [-0.15, -0.1) is 0 Å². The molecule has 4 heterocycles. The largest absolute Gasteiger partial charge is 0.491 e. The van der Waals surface area contributed by atoms with Crippen molar-refractivity contribution in [3.63, 3.8) is 0 Å². The number of aromatic amines is 1. The van der Waals surface area contributed by atoms with Crippen molar-refractivity contribution in [1.29, 1.82) is 0 Å². The highest BCUT2D eigenvalue weighted by atomic mass is 32.2. The van der Waals surface area contributed by atoms with Crippen LogP contribution < -0.4 is 15.6 Å². The van der Waals surface area contributed by atoms with E-state index in [2.05, 4.69) is 15.2 Å². The number of hydrogen-bond donors (Lipinski definition) is 3. The van der Waals surface area contributed by atoms with Crippen LogP contribution in [0.1, 0.15) is 57.9 Å². The van der Waals surface area contributed by atoms with Gasteiger partial charge in [0.1, 0.15) is 18.5 Å². The molecule has 250 valence electrons. The molecule has 1 fully saturated rings. The molecule has 1 saturated heterocycles. The molecule has 0 unspecified atom stereocenters. The molecule has 3 N–H and O–H groups in total. The van der Waals surface area contributed by atoms with Gasteiger partial charge in [-0.05, 0) is 67.6 Å². The molecule has 0 spiro atoms. The lowest BCUT2D eigenvalue weighted by molar-refractivity contribution is 0.0602. The summed E-state index contributed by atoms with van der Waals surface area (Å²) in [6.45, 7) is 8.53. The molecule has 3 aliphatic heterocycles. The maximum absolute atomic E-state index is 13.6. The van der Waals surface area contributed by atoms with Gasteiger partial charge in [0.15, 0.2) is 9.84 Å². The fourth-order valence-corrected chi connectivity index (χ4v) is 7.50. The van der Waals surface area contributed by atoms with E-state index in [1.807, 2.05) is 49.1 Å². The smallest absolute Gasteiger partial charge is 0.259 e. The Kier molecular flexibility index (Phi) is 9.54. The van der Waals surface area contributed by atoms with Crippen LogP contribution in [0.3, 0.4) is 0 Å². The SMILES string of the molecule is CCS(=O)(=O)CCN1CCC(N2Cc3cc4c(cc3C2=O)CC(c2c(NC[C@@H](O)COc3ccc(C)cc3C)cc[nH]c2=O)=N4)CC1. The van der Waals surface area contributed by atoms with Crippen molar-refractivity contribution in [3.8, 4) is 5.75 Å². The number of fused-ring (bicyclic) bond motifs is 2. The zero-order valence-electron chi connectivity index (χ0n) is 27.2.